The molecule has 0 atom stereocenters. The van der Waals surface area contributed by atoms with Crippen molar-refractivity contribution in [2.45, 2.75) is 31.0 Å². The van der Waals surface area contributed by atoms with Gasteiger partial charge in [-0.25, -0.2) is 4.98 Å². The van der Waals surface area contributed by atoms with Crippen LogP contribution in [0.2, 0.25) is 6.04 Å². The minimum atomic E-state index is -0.503. The third-order valence-electron chi connectivity index (χ3n) is 7.10. The number of hydrogen-bond acceptors (Lipinski definition) is 1. The summed E-state index contributed by atoms with van der Waals surface area (Å²) in [4.78, 5) is 4.37. The van der Waals surface area contributed by atoms with Crippen LogP contribution in [-0.4, -0.2) is 26.9 Å². The largest absolute Gasteiger partial charge is 0.327 e. The number of benzene rings is 4. The Bertz CT molecular complexity index is 1350. The van der Waals surface area contributed by atoms with Crippen LogP contribution in [0.15, 0.2) is 158 Å². The van der Waals surface area contributed by atoms with Crippen molar-refractivity contribution in [2.75, 3.05) is 0 Å². The van der Waals surface area contributed by atoms with E-state index in [1.165, 1.54) is 17.2 Å². The number of nitrogens with zero attached hydrogens (tertiary/aromatic N) is 2. The van der Waals surface area contributed by atoms with Gasteiger partial charge in [-0.05, 0) is 40.7 Å². The second kappa shape index (κ2) is 15.4. The maximum atomic E-state index is 5.67. The third-order valence-corrected chi connectivity index (χ3v) is 9.76. The average Bonchev–Trinajstić information content (AvgIpc) is 3.57. The normalized spacial score (nSPS) is 11.3. The number of hydrogen-bond donors (Lipinski definition) is 0. The highest BCUT2D eigenvalue weighted by Gasteiger charge is 2.35. The molecule has 4 heteroatoms. The maximum Gasteiger partial charge on any atom is 0.103 e. The summed E-state index contributed by atoms with van der Waals surface area (Å²) in [6, 6.07) is 43.4. The summed E-state index contributed by atoms with van der Waals surface area (Å²) in [6.45, 7) is 2.19. The van der Waals surface area contributed by atoms with E-state index in [1.54, 1.807) is 5.98 Å². The predicted molar refractivity (Wildman–Crippen MR) is 174 cm³/mol. The molecular formula is C36H37BN2Si. The quantitative estimate of drug-likeness (QED) is 0.101. The summed E-state index contributed by atoms with van der Waals surface area (Å²) >= 11 is 0. The highest BCUT2D eigenvalue weighted by Crippen LogP contribution is 2.34. The van der Waals surface area contributed by atoms with Crippen LogP contribution in [0, 0.1) is 0 Å². The molecule has 0 aliphatic heterocycles. The van der Waals surface area contributed by atoms with E-state index in [9.17, 15) is 0 Å². The second-order valence-corrected chi connectivity index (χ2v) is 11.9. The molecule has 0 aliphatic rings. The van der Waals surface area contributed by atoms with E-state index in [4.69, 9.17) is 7.85 Å². The van der Waals surface area contributed by atoms with Gasteiger partial charge in [-0.15, -0.1) is 5.98 Å². The van der Waals surface area contributed by atoms with Crippen LogP contribution >= 0.6 is 0 Å². The van der Waals surface area contributed by atoms with Crippen LogP contribution in [0.25, 0.3) is 5.57 Å². The summed E-state index contributed by atoms with van der Waals surface area (Å²) in [6.07, 6.45) is 12.9. The first kappa shape index (κ1) is 28.8. The van der Waals surface area contributed by atoms with E-state index >= 15 is 0 Å². The van der Waals surface area contributed by atoms with Crippen LogP contribution in [0.4, 0.5) is 0 Å². The van der Waals surface area contributed by atoms with Crippen LogP contribution in [0.5, 0.6) is 0 Å². The molecule has 1 aromatic heterocycles. The first-order valence-electron chi connectivity index (χ1n) is 14.1. The number of rotatable bonds is 10. The Labute approximate surface area is 243 Å². The molecule has 5 rings (SSSR count). The first-order valence-corrected chi connectivity index (χ1v) is 15.8. The van der Waals surface area contributed by atoms with E-state index < -0.39 is 9.52 Å². The highest BCUT2D eigenvalue weighted by molar-refractivity contribution is 6.41. The first-order chi connectivity index (χ1) is 19.8. The minimum absolute atomic E-state index is 0.0843. The van der Waals surface area contributed by atoms with Gasteiger partial charge in [0.25, 0.3) is 0 Å². The van der Waals surface area contributed by atoms with Crippen molar-refractivity contribution in [3.8, 4) is 0 Å². The molecule has 0 bridgehead atoms. The zero-order chi connectivity index (χ0) is 27.9. The molecule has 4 aromatic carbocycles. The molecule has 0 unspecified atom stereocenters. The average molecular weight is 537 g/mol. The predicted octanol–water partition coefficient (Wildman–Crippen LogP) is 7.82. The van der Waals surface area contributed by atoms with Crippen LogP contribution in [-0.2, 0) is 5.16 Å². The van der Waals surface area contributed by atoms with Gasteiger partial charge in [0.05, 0.1) is 21.0 Å². The molecule has 2 nitrogen and oxygen atoms in total. The van der Waals surface area contributed by atoms with Gasteiger partial charge in [0.1, 0.15) is 7.85 Å². The van der Waals surface area contributed by atoms with Crippen molar-refractivity contribution in [3.63, 3.8) is 0 Å². The fourth-order valence-corrected chi connectivity index (χ4v) is 7.60. The molecule has 0 spiro atoms. The molecule has 0 saturated carbocycles. The number of imidazole rings is 1. The zero-order valence-electron chi connectivity index (χ0n) is 23.3. The SMILES string of the molecule is CCC=CCC[SiH2]C(c1ccccc1)(c1ccccc1)n1ccnc1.[B]C=C(c1ccccc1)c1ccccc1. The van der Waals surface area contributed by atoms with Crippen molar-refractivity contribution in [3.05, 3.63) is 180 Å². The second-order valence-electron chi connectivity index (χ2n) is 9.65. The molecule has 0 amide bonds. The van der Waals surface area contributed by atoms with Crippen LogP contribution in [0.1, 0.15) is 42.0 Å². The smallest absolute Gasteiger partial charge is 0.103 e. The van der Waals surface area contributed by atoms with Gasteiger partial charge in [-0.2, -0.15) is 0 Å². The Morgan fingerprint density at radius 2 is 1.25 bits per heavy atom. The van der Waals surface area contributed by atoms with Gasteiger partial charge in [0.15, 0.2) is 0 Å². The molecule has 5 aromatic rings. The fourth-order valence-electron chi connectivity index (χ4n) is 5.15. The Kier molecular flexibility index (Phi) is 11.1. The summed E-state index contributed by atoms with van der Waals surface area (Å²) in [7, 11) is 5.17. The van der Waals surface area contributed by atoms with Crippen molar-refractivity contribution >= 4 is 22.9 Å². The van der Waals surface area contributed by atoms with Crippen molar-refractivity contribution in [1.82, 2.24) is 9.55 Å². The Morgan fingerprint density at radius 1 is 0.750 bits per heavy atom. The summed E-state index contributed by atoms with van der Waals surface area (Å²) in [5, 5.41) is -0.0843. The zero-order valence-corrected chi connectivity index (χ0v) is 24.7. The van der Waals surface area contributed by atoms with Gasteiger partial charge in [0, 0.05) is 12.4 Å². The molecule has 2 radical (unpaired) electrons. The third kappa shape index (κ3) is 7.28. The standard InChI is InChI=1S/C22H26N2Si.C14H11B/c1-2-3-4-11-18-25-22(24-17-16-23-19-24,20-12-7-5-8-13-20)21-14-9-6-10-15-21;15-11-14(12-7-3-1-4-8-12)13-9-5-2-6-10-13/h3-10,12-17,19H,2,11,18,25H2,1H3;1-11H. The fraction of sp³-hybridized carbons (Fsp3) is 0.139. The van der Waals surface area contributed by atoms with E-state index in [0.29, 0.717) is 0 Å². The monoisotopic (exact) mass is 536 g/mol. The molecule has 1 heterocycles. The molecule has 0 aliphatic carbocycles. The van der Waals surface area contributed by atoms with E-state index in [-0.39, 0.29) is 5.16 Å². The summed E-state index contributed by atoms with van der Waals surface area (Å²) in [5.41, 5.74) is 6.09. The van der Waals surface area contributed by atoms with Gasteiger partial charge in [-0.1, -0.05) is 146 Å². The lowest BCUT2D eigenvalue weighted by Gasteiger charge is -2.36. The number of allylic oxidation sites excluding steroid dienone is 2. The lowest BCUT2D eigenvalue weighted by Crippen LogP contribution is -2.41. The van der Waals surface area contributed by atoms with Crippen LogP contribution < -0.4 is 0 Å². The molecule has 0 saturated heterocycles. The van der Waals surface area contributed by atoms with E-state index in [2.05, 4.69) is 120 Å². The summed E-state index contributed by atoms with van der Waals surface area (Å²) in [5.74, 6) is 1.66. The molecule has 0 fully saturated rings. The van der Waals surface area contributed by atoms with Gasteiger partial charge < -0.3 is 4.57 Å². The maximum absolute atomic E-state index is 5.67. The van der Waals surface area contributed by atoms with Crippen molar-refractivity contribution in [2.24, 2.45) is 0 Å². The van der Waals surface area contributed by atoms with Crippen molar-refractivity contribution in [1.29, 1.82) is 0 Å². The lowest BCUT2D eigenvalue weighted by molar-refractivity contribution is 0.590. The van der Waals surface area contributed by atoms with Gasteiger partial charge in [-0.3, -0.25) is 0 Å². The molecular weight excluding hydrogens is 499 g/mol. The Balaban J connectivity index is 0.000000210. The highest BCUT2D eigenvalue weighted by atomic mass is 28.2. The Morgan fingerprint density at radius 3 is 1.68 bits per heavy atom. The van der Waals surface area contributed by atoms with Gasteiger partial charge >= 0.3 is 0 Å². The number of aromatic nitrogens is 2. The topological polar surface area (TPSA) is 17.8 Å². The Hall–Kier alpha value is -4.15. The summed E-state index contributed by atoms with van der Waals surface area (Å²) < 4.78 is 2.33. The van der Waals surface area contributed by atoms with Crippen molar-refractivity contribution < 1.29 is 0 Å². The van der Waals surface area contributed by atoms with Crippen LogP contribution in [0.3, 0.4) is 0 Å². The van der Waals surface area contributed by atoms with Gasteiger partial charge in [0.2, 0.25) is 0 Å². The molecule has 40 heavy (non-hydrogen) atoms. The minimum Gasteiger partial charge on any atom is -0.327 e. The molecule has 198 valence electrons. The van der Waals surface area contributed by atoms with E-state index in [0.717, 1.165) is 29.5 Å². The lowest BCUT2D eigenvalue weighted by atomic mass is 9.92. The molecule has 0 N–H and O–H groups in total. The van der Waals surface area contributed by atoms with E-state index in [1.807, 2.05) is 48.9 Å².